The van der Waals surface area contributed by atoms with E-state index >= 15 is 0 Å². The highest BCUT2D eigenvalue weighted by molar-refractivity contribution is 7.89. The van der Waals surface area contributed by atoms with E-state index in [1.165, 1.54) is 4.31 Å². The zero-order valence-electron chi connectivity index (χ0n) is 18.3. The molecule has 0 aromatic heterocycles. The van der Waals surface area contributed by atoms with E-state index in [0.717, 1.165) is 44.5 Å². The number of sulfonamides is 1. The van der Waals surface area contributed by atoms with Crippen molar-refractivity contribution in [3.8, 4) is 0 Å². The van der Waals surface area contributed by atoms with Gasteiger partial charge in [0.25, 0.3) is 0 Å². The third-order valence-electron chi connectivity index (χ3n) is 5.93. The Hall–Kier alpha value is -1.97. The Morgan fingerprint density at radius 3 is 2.42 bits per heavy atom. The van der Waals surface area contributed by atoms with Crippen LogP contribution < -0.4 is 10.6 Å². The molecule has 2 amide bonds. The second-order valence-electron chi connectivity index (χ2n) is 8.41. The lowest BCUT2D eigenvalue weighted by Gasteiger charge is -2.36. The van der Waals surface area contributed by atoms with Crippen LogP contribution >= 0.6 is 0 Å². The summed E-state index contributed by atoms with van der Waals surface area (Å²) in [6, 6.07) is 8.79. The lowest BCUT2D eigenvalue weighted by Crippen LogP contribution is -2.55. The van der Waals surface area contributed by atoms with Gasteiger partial charge in [0.05, 0.1) is 12.3 Å². The number of anilines is 1. The number of benzene rings is 1. The molecule has 2 saturated heterocycles. The van der Waals surface area contributed by atoms with Gasteiger partial charge in [-0.2, -0.15) is 4.31 Å². The van der Waals surface area contributed by atoms with E-state index in [1.54, 1.807) is 0 Å². The minimum atomic E-state index is -3.40. The molecule has 0 bridgehead atoms. The van der Waals surface area contributed by atoms with Gasteiger partial charge in [0.15, 0.2) is 0 Å². The first-order valence-electron chi connectivity index (χ1n) is 11.3. The van der Waals surface area contributed by atoms with E-state index in [0.29, 0.717) is 25.9 Å². The minimum Gasteiger partial charge on any atom is -0.352 e. The maximum atomic E-state index is 12.9. The van der Waals surface area contributed by atoms with E-state index in [2.05, 4.69) is 15.5 Å². The second-order valence-corrected chi connectivity index (χ2v) is 10.5. The molecule has 31 heavy (non-hydrogen) atoms. The molecule has 2 aliphatic rings. The molecule has 0 radical (unpaired) electrons. The van der Waals surface area contributed by atoms with Gasteiger partial charge in [0.2, 0.25) is 21.8 Å². The molecule has 0 spiro atoms. The average molecular weight is 451 g/mol. The molecule has 1 unspecified atom stereocenters. The van der Waals surface area contributed by atoms with Gasteiger partial charge in [-0.15, -0.1) is 0 Å². The maximum absolute atomic E-state index is 12.9. The summed E-state index contributed by atoms with van der Waals surface area (Å²) in [5.41, 5.74) is 0.782. The molecule has 2 fully saturated rings. The Bertz CT molecular complexity index is 838. The molecular formula is C22H34N4O4S. The Balaban J connectivity index is 1.46. The highest BCUT2D eigenvalue weighted by Crippen LogP contribution is 2.22. The van der Waals surface area contributed by atoms with Crippen molar-refractivity contribution in [2.45, 2.75) is 57.5 Å². The van der Waals surface area contributed by atoms with Crippen LogP contribution in [0, 0.1) is 0 Å². The van der Waals surface area contributed by atoms with E-state index in [4.69, 9.17) is 0 Å². The van der Waals surface area contributed by atoms with Crippen molar-refractivity contribution in [1.29, 1.82) is 0 Å². The number of hydrogen-bond acceptors (Lipinski definition) is 5. The molecule has 0 aliphatic carbocycles. The SMILES string of the molecule is CCCS(=O)(=O)N1CCCCC1C(=O)NC1CCN(CC(=O)Nc2ccccc2)CC1. The number of nitrogens with zero attached hydrogens (tertiary/aromatic N) is 2. The average Bonchev–Trinajstić information content (AvgIpc) is 2.76. The fourth-order valence-corrected chi connectivity index (χ4v) is 6.08. The first-order valence-corrected chi connectivity index (χ1v) is 12.9. The van der Waals surface area contributed by atoms with Crippen LogP contribution in [0.1, 0.15) is 45.4 Å². The van der Waals surface area contributed by atoms with Crippen LogP contribution in [0.3, 0.4) is 0 Å². The van der Waals surface area contributed by atoms with Crippen molar-refractivity contribution in [1.82, 2.24) is 14.5 Å². The van der Waals surface area contributed by atoms with Crippen molar-refractivity contribution in [3.63, 3.8) is 0 Å². The molecule has 8 nitrogen and oxygen atoms in total. The van der Waals surface area contributed by atoms with Crippen LogP contribution in [0.2, 0.25) is 0 Å². The molecule has 9 heteroatoms. The maximum Gasteiger partial charge on any atom is 0.238 e. The summed E-state index contributed by atoms with van der Waals surface area (Å²) in [6.07, 6.45) is 4.29. The number of hydrogen-bond donors (Lipinski definition) is 2. The van der Waals surface area contributed by atoms with Crippen LogP contribution in [0.25, 0.3) is 0 Å². The molecule has 3 rings (SSSR count). The van der Waals surface area contributed by atoms with Gasteiger partial charge in [-0.05, 0) is 44.2 Å². The van der Waals surface area contributed by atoms with Crippen molar-refractivity contribution >= 4 is 27.5 Å². The Morgan fingerprint density at radius 1 is 1.03 bits per heavy atom. The summed E-state index contributed by atoms with van der Waals surface area (Å²) in [4.78, 5) is 27.2. The van der Waals surface area contributed by atoms with Crippen molar-refractivity contribution < 1.29 is 18.0 Å². The van der Waals surface area contributed by atoms with E-state index in [1.807, 2.05) is 37.3 Å². The summed E-state index contributed by atoms with van der Waals surface area (Å²) in [6.45, 7) is 4.02. The van der Waals surface area contributed by atoms with Crippen molar-refractivity contribution in [3.05, 3.63) is 30.3 Å². The third-order valence-corrected chi connectivity index (χ3v) is 8.01. The minimum absolute atomic E-state index is 0.0126. The van der Waals surface area contributed by atoms with Gasteiger partial charge in [0.1, 0.15) is 6.04 Å². The number of likely N-dealkylation sites (tertiary alicyclic amines) is 1. The van der Waals surface area contributed by atoms with Gasteiger partial charge < -0.3 is 10.6 Å². The van der Waals surface area contributed by atoms with Crippen LogP contribution in [-0.4, -0.2) is 73.5 Å². The van der Waals surface area contributed by atoms with Crippen LogP contribution in [-0.2, 0) is 19.6 Å². The predicted molar refractivity (Wildman–Crippen MR) is 121 cm³/mol. The molecule has 2 heterocycles. The van der Waals surface area contributed by atoms with Gasteiger partial charge in [-0.25, -0.2) is 8.42 Å². The number of para-hydroxylation sites is 1. The zero-order chi connectivity index (χ0) is 22.3. The summed E-state index contributed by atoms with van der Waals surface area (Å²) < 4.78 is 26.6. The van der Waals surface area contributed by atoms with Crippen LogP contribution in [0.15, 0.2) is 30.3 Å². The highest BCUT2D eigenvalue weighted by Gasteiger charge is 2.37. The molecular weight excluding hydrogens is 416 g/mol. The fourth-order valence-electron chi connectivity index (χ4n) is 4.33. The summed E-state index contributed by atoms with van der Waals surface area (Å²) in [5.74, 6) is -0.146. The molecule has 1 atom stereocenters. The number of piperidine rings is 2. The second kappa shape index (κ2) is 11.1. The third kappa shape index (κ3) is 6.75. The molecule has 1 aromatic rings. The van der Waals surface area contributed by atoms with Gasteiger partial charge in [0, 0.05) is 31.4 Å². The number of amides is 2. The van der Waals surface area contributed by atoms with Gasteiger partial charge >= 0.3 is 0 Å². The van der Waals surface area contributed by atoms with Gasteiger partial charge in [-0.1, -0.05) is 31.5 Å². The summed E-state index contributed by atoms with van der Waals surface area (Å²) in [5, 5.41) is 5.97. The molecule has 2 aliphatic heterocycles. The lowest BCUT2D eigenvalue weighted by molar-refractivity contribution is -0.127. The first kappa shape index (κ1) is 23.7. The summed E-state index contributed by atoms with van der Waals surface area (Å²) >= 11 is 0. The number of carbonyl (C=O) groups excluding carboxylic acids is 2. The van der Waals surface area contributed by atoms with Gasteiger partial charge in [-0.3, -0.25) is 14.5 Å². The van der Waals surface area contributed by atoms with E-state index in [9.17, 15) is 18.0 Å². The quantitative estimate of drug-likeness (QED) is 0.629. The molecule has 0 saturated carbocycles. The van der Waals surface area contributed by atoms with Crippen molar-refractivity contribution in [2.75, 3.05) is 37.2 Å². The summed E-state index contributed by atoms with van der Waals surface area (Å²) in [7, 11) is -3.40. The van der Waals surface area contributed by atoms with E-state index in [-0.39, 0.29) is 23.6 Å². The topological polar surface area (TPSA) is 98.8 Å². The molecule has 1 aromatic carbocycles. The van der Waals surface area contributed by atoms with E-state index < -0.39 is 16.1 Å². The smallest absolute Gasteiger partial charge is 0.238 e. The van der Waals surface area contributed by atoms with Crippen molar-refractivity contribution in [2.24, 2.45) is 0 Å². The Morgan fingerprint density at radius 2 is 1.74 bits per heavy atom. The fraction of sp³-hybridized carbons (Fsp3) is 0.636. The largest absolute Gasteiger partial charge is 0.352 e. The molecule has 172 valence electrons. The monoisotopic (exact) mass is 450 g/mol. The Labute approximate surface area is 185 Å². The zero-order valence-corrected chi connectivity index (χ0v) is 19.1. The molecule has 2 N–H and O–H groups in total. The lowest BCUT2D eigenvalue weighted by atomic mass is 10.0. The van der Waals surface area contributed by atoms with Crippen LogP contribution in [0.5, 0.6) is 0 Å². The highest BCUT2D eigenvalue weighted by atomic mass is 32.2. The predicted octanol–water partition coefficient (Wildman–Crippen LogP) is 1.80. The normalized spacial score (nSPS) is 21.5. The first-order chi connectivity index (χ1) is 14.9. The number of carbonyl (C=O) groups is 2. The van der Waals surface area contributed by atoms with Crippen LogP contribution in [0.4, 0.5) is 5.69 Å². The number of nitrogens with one attached hydrogen (secondary N) is 2. The number of rotatable bonds is 8. The Kier molecular flexibility index (Phi) is 8.45. The standard InChI is InChI=1S/C22H34N4O4S/c1-2-16-31(29,30)26-13-7-6-10-20(26)22(28)24-19-11-14-25(15-12-19)17-21(27)23-18-8-4-3-5-9-18/h3-5,8-9,19-20H,2,6-7,10-17H2,1H3,(H,23,27)(H,24,28).